The molecule has 0 amide bonds. The number of unbranched alkanes of at least 4 members (excludes halogenated alkanes) is 5. The average Bonchev–Trinajstić information content (AvgIpc) is 2.96. The Morgan fingerprint density at radius 1 is 1.00 bits per heavy atom. The van der Waals surface area contributed by atoms with E-state index in [0.29, 0.717) is 6.42 Å². The molecule has 4 heteroatoms. The molecule has 0 aliphatic heterocycles. The summed E-state index contributed by atoms with van der Waals surface area (Å²) in [5.41, 5.74) is 3.70. The molecule has 2 heterocycles. The molecule has 26 heavy (non-hydrogen) atoms. The number of fused-ring (bicyclic) bond motifs is 3. The van der Waals surface area contributed by atoms with Crippen molar-refractivity contribution in [1.82, 2.24) is 9.55 Å². The van der Waals surface area contributed by atoms with Gasteiger partial charge in [0.1, 0.15) is 0 Å². The number of rotatable bonds is 9. The molecule has 0 saturated carbocycles. The van der Waals surface area contributed by atoms with Crippen LogP contribution < -0.4 is 0 Å². The zero-order valence-electron chi connectivity index (χ0n) is 15.8. The van der Waals surface area contributed by atoms with Crippen LogP contribution in [0.4, 0.5) is 0 Å². The summed E-state index contributed by atoms with van der Waals surface area (Å²) in [6.45, 7) is 0. The maximum Gasteiger partial charge on any atom is 0.305 e. The van der Waals surface area contributed by atoms with Gasteiger partial charge >= 0.3 is 5.97 Å². The first-order chi connectivity index (χ1) is 12.7. The number of hydrogen-bond donors (Lipinski definition) is 0. The molecule has 0 fully saturated rings. The normalized spacial score (nSPS) is 11.3. The van der Waals surface area contributed by atoms with Gasteiger partial charge in [0.25, 0.3) is 0 Å². The second kappa shape index (κ2) is 8.84. The molecule has 0 bridgehead atoms. The summed E-state index contributed by atoms with van der Waals surface area (Å²) in [6, 6.07) is 10.7. The minimum absolute atomic E-state index is 0.0974. The number of methoxy groups -OCH3 is 1. The lowest BCUT2D eigenvalue weighted by molar-refractivity contribution is -0.140. The molecule has 0 spiro atoms. The fourth-order valence-electron chi connectivity index (χ4n) is 3.62. The van der Waals surface area contributed by atoms with E-state index < -0.39 is 0 Å². The number of aromatic nitrogens is 2. The van der Waals surface area contributed by atoms with Gasteiger partial charge in [-0.1, -0.05) is 43.9 Å². The van der Waals surface area contributed by atoms with E-state index in [1.165, 1.54) is 60.3 Å². The van der Waals surface area contributed by atoms with Crippen LogP contribution >= 0.6 is 0 Å². The fraction of sp³-hybridized carbons (Fsp3) is 0.455. The third-order valence-corrected chi connectivity index (χ3v) is 5.15. The molecule has 0 radical (unpaired) electrons. The molecule has 0 unspecified atom stereocenters. The van der Waals surface area contributed by atoms with Crippen molar-refractivity contribution in [2.24, 2.45) is 7.05 Å². The molecular formula is C22H28N2O2. The topological polar surface area (TPSA) is 44.1 Å². The Bertz CT molecular complexity index is 882. The van der Waals surface area contributed by atoms with Gasteiger partial charge in [0.15, 0.2) is 0 Å². The van der Waals surface area contributed by atoms with Gasteiger partial charge in [-0.05, 0) is 31.4 Å². The molecule has 4 nitrogen and oxygen atoms in total. The summed E-state index contributed by atoms with van der Waals surface area (Å²) >= 11 is 0. The summed E-state index contributed by atoms with van der Waals surface area (Å²) in [6.07, 6.45) is 10.4. The predicted octanol–water partition coefficient (Wildman–Crippen LogP) is 5.17. The number of pyridine rings is 1. The Hall–Kier alpha value is -2.36. The summed E-state index contributed by atoms with van der Waals surface area (Å²) < 4.78 is 6.92. The monoisotopic (exact) mass is 352 g/mol. The number of para-hydroxylation sites is 1. The van der Waals surface area contributed by atoms with Crippen molar-refractivity contribution in [3.63, 3.8) is 0 Å². The summed E-state index contributed by atoms with van der Waals surface area (Å²) in [5.74, 6) is -0.0974. The van der Waals surface area contributed by atoms with E-state index in [9.17, 15) is 4.79 Å². The smallest absolute Gasteiger partial charge is 0.305 e. The lowest BCUT2D eigenvalue weighted by atomic mass is 10.1. The molecule has 0 aliphatic rings. The molecule has 3 rings (SSSR count). The van der Waals surface area contributed by atoms with Crippen molar-refractivity contribution in [2.45, 2.75) is 51.4 Å². The van der Waals surface area contributed by atoms with Crippen molar-refractivity contribution in [3.05, 3.63) is 42.2 Å². The Morgan fingerprint density at radius 2 is 1.73 bits per heavy atom. The van der Waals surface area contributed by atoms with E-state index in [4.69, 9.17) is 0 Å². The van der Waals surface area contributed by atoms with E-state index >= 15 is 0 Å². The van der Waals surface area contributed by atoms with Crippen molar-refractivity contribution in [3.8, 4) is 0 Å². The highest BCUT2D eigenvalue weighted by Gasteiger charge is 2.08. The van der Waals surface area contributed by atoms with Crippen LogP contribution in [0.5, 0.6) is 0 Å². The molecular weight excluding hydrogens is 324 g/mol. The second-order valence-electron chi connectivity index (χ2n) is 6.97. The molecule has 0 N–H and O–H groups in total. The SMILES string of the molecule is COC(=O)CCCCCCCCc1cc2c(cn1)c1ccccc1n2C. The highest BCUT2D eigenvalue weighted by atomic mass is 16.5. The fourth-order valence-corrected chi connectivity index (χ4v) is 3.62. The number of carbonyl (C=O) groups is 1. The Morgan fingerprint density at radius 3 is 2.54 bits per heavy atom. The number of carbonyl (C=O) groups excluding carboxylic acids is 1. The molecule has 1 aromatic carbocycles. The number of aryl methyl sites for hydroxylation is 2. The van der Waals surface area contributed by atoms with Gasteiger partial charge in [-0.2, -0.15) is 0 Å². The largest absolute Gasteiger partial charge is 0.469 e. The first kappa shape index (κ1) is 18.4. The Kier molecular flexibility index (Phi) is 6.26. The third kappa shape index (κ3) is 4.24. The molecule has 2 aromatic heterocycles. The molecule has 0 aliphatic carbocycles. The van der Waals surface area contributed by atoms with Crippen LogP contribution in [0.3, 0.4) is 0 Å². The van der Waals surface area contributed by atoms with E-state index in [1.807, 2.05) is 6.20 Å². The molecule has 3 aromatic rings. The number of benzene rings is 1. The van der Waals surface area contributed by atoms with Crippen LogP contribution in [0.2, 0.25) is 0 Å². The van der Waals surface area contributed by atoms with Gasteiger partial charge in [-0.25, -0.2) is 0 Å². The quantitative estimate of drug-likeness (QED) is 0.394. The highest BCUT2D eigenvalue weighted by Crippen LogP contribution is 2.27. The number of nitrogens with zero attached hydrogens (tertiary/aromatic N) is 2. The van der Waals surface area contributed by atoms with Crippen LogP contribution in [0, 0.1) is 0 Å². The minimum atomic E-state index is -0.0974. The first-order valence-corrected chi connectivity index (χ1v) is 9.59. The number of hydrogen-bond acceptors (Lipinski definition) is 3. The third-order valence-electron chi connectivity index (χ3n) is 5.15. The number of ether oxygens (including phenoxy) is 1. The first-order valence-electron chi connectivity index (χ1n) is 9.59. The van der Waals surface area contributed by atoms with Gasteiger partial charge in [-0.3, -0.25) is 9.78 Å². The van der Waals surface area contributed by atoms with E-state index in [1.54, 1.807) is 0 Å². The zero-order valence-corrected chi connectivity index (χ0v) is 15.8. The van der Waals surface area contributed by atoms with Gasteiger partial charge in [-0.15, -0.1) is 0 Å². The lowest BCUT2D eigenvalue weighted by Crippen LogP contribution is -1.99. The second-order valence-corrected chi connectivity index (χ2v) is 6.97. The van der Waals surface area contributed by atoms with Crippen LogP contribution in [0.25, 0.3) is 21.8 Å². The van der Waals surface area contributed by atoms with E-state index in [0.717, 1.165) is 19.3 Å². The Labute approximate surface area is 155 Å². The molecule has 0 saturated heterocycles. The molecule has 138 valence electrons. The predicted molar refractivity (Wildman–Crippen MR) is 106 cm³/mol. The summed E-state index contributed by atoms with van der Waals surface area (Å²) in [7, 11) is 3.58. The maximum atomic E-state index is 11.0. The van der Waals surface area contributed by atoms with Crippen LogP contribution in [0.1, 0.15) is 50.6 Å². The zero-order chi connectivity index (χ0) is 18.4. The molecule has 0 atom stereocenters. The van der Waals surface area contributed by atoms with Gasteiger partial charge in [0.05, 0.1) is 12.6 Å². The van der Waals surface area contributed by atoms with Gasteiger partial charge < -0.3 is 9.30 Å². The van der Waals surface area contributed by atoms with Crippen molar-refractivity contribution in [2.75, 3.05) is 7.11 Å². The maximum absolute atomic E-state index is 11.0. The van der Waals surface area contributed by atoms with Crippen molar-refractivity contribution >= 4 is 27.8 Å². The van der Waals surface area contributed by atoms with Crippen molar-refractivity contribution < 1.29 is 9.53 Å². The minimum Gasteiger partial charge on any atom is -0.469 e. The Balaban J connectivity index is 1.47. The summed E-state index contributed by atoms with van der Waals surface area (Å²) in [4.78, 5) is 15.7. The van der Waals surface area contributed by atoms with Crippen molar-refractivity contribution in [1.29, 1.82) is 0 Å². The van der Waals surface area contributed by atoms with Gasteiger partial charge in [0, 0.05) is 41.6 Å². The summed E-state index contributed by atoms with van der Waals surface area (Å²) in [5, 5.41) is 2.51. The highest BCUT2D eigenvalue weighted by molar-refractivity contribution is 6.07. The van der Waals surface area contributed by atoms with Gasteiger partial charge in [0.2, 0.25) is 0 Å². The lowest BCUT2D eigenvalue weighted by Gasteiger charge is -2.04. The van der Waals surface area contributed by atoms with Crippen LogP contribution in [0.15, 0.2) is 36.5 Å². The standard InChI is InChI=1S/C22H28N2O2/c1-24-20-13-10-9-12-18(20)19-16-23-17(15-21(19)24)11-7-5-3-4-6-8-14-22(25)26-2/h9-10,12-13,15-16H,3-8,11,14H2,1-2H3. The van der Waals surface area contributed by atoms with E-state index in [-0.39, 0.29) is 5.97 Å². The van der Waals surface area contributed by atoms with Crippen LogP contribution in [-0.2, 0) is 23.0 Å². The van der Waals surface area contributed by atoms with Crippen LogP contribution in [-0.4, -0.2) is 22.6 Å². The van der Waals surface area contributed by atoms with E-state index in [2.05, 4.69) is 51.7 Å². The average molecular weight is 352 g/mol. The number of esters is 1.